The van der Waals surface area contributed by atoms with Crippen molar-refractivity contribution >= 4 is 64.3 Å². The quantitative estimate of drug-likeness (QED) is 0.288. The zero-order chi connectivity index (χ0) is 30.3. The molecule has 2 aromatic carbocycles. The summed E-state index contributed by atoms with van der Waals surface area (Å²) in [5.74, 6) is -0.126. The summed E-state index contributed by atoms with van der Waals surface area (Å²) in [4.78, 5) is 26.2. The van der Waals surface area contributed by atoms with Crippen molar-refractivity contribution in [3.8, 4) is 0 Å². The number of hydrogen-bond donors (Lipinski definition) is 4. The van der Waals surface area contributed by atoms with Crippen molar-refractivity contribution in [2.75, 3.05) is 33.9 Å². The van der Waals surface area contributed by atoms with Crippen molar-refractivity contribution in [1.29, 1.82) is 0 Å². The molecule has 6 rings (SSSR count). The molecule has 1 fully saturated rings. The molecule has 1 atom stereocenters. The Kier molecular flexibility index (Phi) is 7.75. The van der Waals surface area contributed by atoms with E-state index in [0.29, 0.717) is 32.8 Å². The average molecular weight is 619 g/mol. The molecule has 3 aromatic rings. The van der Waals surface area contributed by atoms with E-state index in [0.717, 1.165) is 37.9 Å². The molecule has 0 bridgehead atoms. The molecule has 0 aliphatic carbocycles. The Morgan fingerprint density at radius 2 is 1.93 bits per heavy atom. The molecule has 11 nitrogen and oxygen atoms in total. The summed E-state index contributed by atoms with van der Waals surface area (Å²) in [5.41, 5.74) is 8.03. The maximum absolute atomic E-state index is 13.4. The first-order chi connectivity index (χ1) is 20.7. The molecule has 0 spiro atoms. The molecule has 1 unspecified atom stereocenters. The van der Waals surface area contributed by atoms with Crippen LogP contribution in [-0.2, 0) is 4.79 Å². The predicted octanol–water partition coefficient (Wildman–Crippen LogP) is 5.25. The van der Waals surface area contributed by atoms with Gasteiger partial charge in [-0.2, -0.15) is 4.98 Å². The third-order valence-corrected chi connectivity index (χ3v) is 9.79. The van der Waals surface area contributed by atoms with Gasteiger partial charge in [0.1, 0.15) is 11.4 Å². The first kappa shape index (κ1) is 29.0. The van der Waals surface area contributed by atoms with Gasteiger partial charge >= 0.3 is 0 Å². The van der Waals surface area contributed by atoms with Gasteiger partial charge in [0.05, 0.1) is 16.4 Å². The summed E-state index contributed by atoms with van der Waals surface area (Å²) in [6.45, 7) is 6.23. The second kappa shape index (κ2) is 11.5. The number of fused-ring (bicyclic) bond motifs is 3. The lowest BCUT2D eigenvalue weighted by molar-refractivity contribution is -0.114. The van der Waals surface area contributed by atoms with Crippen LogP contribution in [0, 0.1) is 5.41 Å². The zero-order valence-corrected chi connectivity index (χ0v) is 25.2. The number of aliphatic imine (C=N–C) groups is 1. The van der Waals surface area contributed by atoms with Gasteiger partial charge in [0.15, 0.2) is 17.1 Å². The van der Waals surface area contributed by atoms with Crippen LogP contribution in [0.1, 0.15) is 38.7 Å². The van der Waals surface area contributed by atoms with Crippen LogP contribution in [-0.4, -0.2) is 56.5 Å². The third kappa shape index (κ3) is 5.53. The third-order valence-electron chi connectivity index (χ3n) is 8.22. The van der Waals surface area contributed by atoms with Crippen LogP contribution in [0.3, 0.4) is 0 Å². The van der Waals surface area contributed by atoms with Crippen molar-refractivity contribution in [1.82, 2.24) is 15.2 Å². The number of amides is 1. The molecule has 0 radical (unpaired) electrons. The fourth-order valence-corrected chi connectivity index (χ4v) is 6.34. The van der Waals surface area contributed by atoms with Gasteiger partial charge in [-0.05, 0) is 54.2 Å². The number of anilines is 4. The van der Waals surface area contributed by atoms with Gasteiger partial charge in [-0.25, -0.2) is 4.99 Å². The average Bonchev–Trinajstić information content (AvgIpc) is 3.00. The van der Waals surface area contributed by atoms with Gasteiger partial charge in [-0.15, -0.1) is 10.2 Å². The molecule has 43 heavy (non-hydrogen) atoms. The Morgan fingerprint density at radius 3 is 2.67 bits per heavy atom. The van der Waals surface area contributed by atoms with Crippen LogP contribution in [0.25, 0.3) is 6.08 Å². The number of aliphatic hydroxyl groups is 2. The number of nitrogens with one attached hydrogen (secondary N) is 1. The van der Waals surface area contributed by atoms with E-state index >= 15 is 0 Å². The zero-order valence-electron chi connectivity index (χ0n) is 23.7. The summed E-state index contributed by atoms with van der Waals surface area (Å²) < 4.78 is 0. The van der Waals surface area contributed by atoms with Crippen molar-refractivity contribution in [3.63, 3.8) is 0 Å². The fraction of sp³-hybridized carbons (Fsp3) is 0.300. The number of hydrogen-bond acceptors (Lipinski definition) is 11. The second-order valence-corrected chi connectivity index (χ2v) is 12.4. The molecule has 1 amide bonds. The van der Waals surface area contributed by atoms with Crippen molar-refractivity contribution in [3.05, 3.63) is 70.6 Å². The standard InChI is InChI=1S/C30H31ClN8O3S/c1-3-30(2)13-15-38(16-14-30)29-35-24(32)27(36-37-29)43-20-10-6-8-18(23(20)31)33-25(40)22-26(41)34-21-12-11-17-7-4-5-9-19(17)39(21)28(22)42/h4-12,26,41-42H,3,13-16H2,1-2H3,(H,33,40)(H2,32,35,37). The predicted molar refractivity (Wildman–Crippen MR) is 169 cm³/mol. The van der Waals surface area contributed by atoms with Crippen molar-refractivity contribution in [2.45, 2.75) is 49.3 Å². The summed E-state index contributed by atoms with van der Waals surface area (Å²) >= 11 is 7.87. The number of nitrogen functional groups attached to an aromatic ring is 1. The Balaban J connectivity index is 1.19. The molecule has 1 aromatic heterocycles. The minimum absolute atomic E-state index is 0.224. The van der Waals surface area contributed by atoms with Crippen LogP contribution < -0.4 is 20.9 Å². The molecule has 1 saturated heterocycles. The minimum Gasteiger partial charge on any atom is -0.494 e. The molecule has 0 saturated carbocycles. The van der Waals surface area contributed by atoms with Crippen LogP contribution in [0.2, 0.25) is 5.02 Å². The molecule has 4 heterocycles. The van der Waals surface area contributed by atoms with Crippen molar-refractivity contribution in [2.24, 2.45) is 10.4 Å². The molecule has 3 aliphatic heterocycles. The van der Waals surface area contributed by atoms with E-state index in [1.807, 2.05) is 24.3 Å². The summed E-state index contributed by atoms with van der Waals surface area (Å²) in [5, 5.41) is 33.8. The number of halogens is 1. The Bertz CT molecular complexity index is 1690. The lowest BCUT2D eigenvalue weighted by Crippen LogP contribution is -2.41. The molecule has 13 heteroatoms. The monoisotopic (exact) mass is 618 g/mol. The van der Waals surface area contributed by atoms with E-state index in [2.05, 4.69) is 44.2 Å². The number of aliphatic hydroxyl groups excluding tert-OH is 2. The number of carbonyl (C=O) groups is 1. The van der Waals surface area contributed by atoms with Gasteiger partial charge in [0.2, 0.25) is 11.8 Å². The molecule has 222 valence electrons. The first-order valence-electron chi connectivity index (χ1n) is 14.0. The van der Waals surface area contributed by atoms with Gasteiger partial charge < -0.3 is 26.2 Å². The SMILES string of the molecule is CCC1(C)CCN(c2nnc(Sc3cccc(NC(=O)C4=C(O)N5C(=NC4O)C=Cc4ccccc45)c3Cl)c(N)n2)CC1. The largest absolute Gasteiger partial charge is 0.494 e. The second-order valence-electron chi connectivity index (χ2n) is 11.0. The first-order valence-corrected chi connectivity index (χ1v) is 15.2. The topological polar surface area (TPSA) is 153 Å². The van der Waals surface area contributed by atoms with E-state index in [-0.39, 0.29) is 22.1 Å². The molecule has 5 N–H and O–H groups in total. The molecular formula is C30H31ClN8O3S. The maximum atomic E-state index is 13.4. The lowest BCUT2D eigenvalue weighted by atomic mass is 9.78. The number of nitrogens with two attached hydrogens (primary N) is 1. The maximum Gasteiger partial charge on any atom is 0.261 e. The van der Waals surface area contributed by atoms with Crippen molar-refractivity contribution < 1.29 is 15.0 Å². The van der Waals surface area contributed by atoms with E-state index in [9.17, 15) is 15.0 Å². The highest BCUT2D eigenvalue weighted by Gasteiger charge is 2.36. The van der Waals surface area contributed by atoms with E-state index in [1.165, 1.54) is 16.7 Å². The van der Waals surface area contributed by atoms with Gasteiger partial charge in [0.25, 0.3) is 5.91 Å². The number of aromatic nitrogens is 3. The van der Waals surface area contributed by atoms with E-state index in [1.54, 1.807) is 30.3 Å². The number of carbonyl (C=O) groups excluding carboxylic acids is 1. The van der Waals surface area contributed by atoms with Crippen LogP contribution >= 0.6 is 23.4 Å². The smallest absolute Gasteiger partial charge is 0.261 e. The number of amidine groups is 1. The van der Waals surface area contributed by atoms with Gasteiger partial charge in [-0.1, -0.05) is 67.9 Å². The number of piperidine rings is 1. The minimum atomic E-state index is -1.58. The Morgan fingerprint density at radius 1 is 1.16 bits per heavy atom. The highest BCUT2D eigenvalue weighted by Crippen LogP contribution is 2.40. The van der Waals surface area contributed by atoms with Crippen LogP contribution in [0.5, 0.6) is 0 Å². The normalized spacial score (nSPS) is 19.1. The highest BCUT2D eigenvalue weighted by atomic mass is 35.5. The van der Waals surface area contributed by atoms with E-state index in [4.69, 9.17) is 17.3 Å². The lowest BCUT2D eigenvalue weighted by Gasteiger charge is -2.38. The molecular weight excluding hydrogens is 588 g/mol. The number of nitrogens with zero attached hydrogens (tertiary/aromatic N) is 6. The molecule has 3 aliphatic rings. The summed E-state index contributed by atoms with van der Waals surface area (Å²) in [6.07, 6.45) is 5.16. The van der Waals surface area contributed by atoms with Gasteiger partial charge in [0, 0.05) is 18.0 Å². The van der Waals surface area contributed by atoms with E-state index < -0.39 is 18.0 Å². The number of benzene rings is 2. The summed E-state index contributed by atoms with van der Waals surface area (Å²) in [6, 6.07) is 12.4. The van der Waals surface area contributed by atoms with Crippen LogP contribution in [0.4, 0.5) is 23.1 Å². The van der Waals surface area contributed by atoms with Gasteiger partial charge in [-0.3, -0.25) is 9.69 Å². The Labute approximate surface area is 258 Å². The van der Waals surface area contributed by atoms with Crippen LogP contribution in [0.15, 0.2) is 74.9 Å². The number of rotatable bonds is 6. The fourth-order valence-electron chi connectivity index (χ4n) is 5.27. The summed E-state index contributed by atoms with van der Waals surface area (Å²) in [7, 11) is 0. The highest BCUT2D eigenvalue weighted by molar-refractivity contribution is 7.99. The number of para-hydroxylation sites is 1. The Hall–Kier alpha value is -4.13.